The fourth-order valence-corrected chi connectivity index (χ4v) is 5.66. The second-order valence-electron chi connectivity index (χ2n) is 7.65. The number of fused-ring (bicyclic) bond motifs is 1. The third-order valence-electron chi connectivity index (χ3n) is 5.79. The smallest absolute Gasteiger partial charge is 0.309 e. The molecule has 2 aliphatic heterocycles. The van der Waals surface area contributed by atoms with E-state index in [0.717, 1.165) is 55.5 Å². The van der Waals surface area contributed by atoms with Crippen molar-refractivity contribution in [2.75, 3.05) is 37.7 Å². The number of esters is 1. The molecule has 0 amide bonds. The summed E-state index contributed by atoms with van der Waals surface area (Å²) in [6, 6.07) is 9.01. The predicted octanol–water partition coefficient (Wildman–Crippen LogP) is 2.80. The van der Waals surface area contributed by atoms with Crippen molar-refractivity contribution >= 4 is 32.7 Å². The van der Waals surface area contributed by atoms with Crippen molar-refractivity contribution in [1.29, 1.82) is 0 Å². The first-order valence-electron chi connectivity index (χ1n) is 10.3. The van der Waals surface area contributed by atoms with Crippen LogP contribution in [0.2, 0.25) is 0 Å². The average molecular weight is 418 g/mol. The van der Waals surface area contributed by atoms with Crippen molar-refractivity contribution in [2.45, 2.75) is 37.5 Å². The number of sulfonamides is 1. The van der Waals surface area contributed by atoms with Gasteiger partial charge >= 0.3 is 5.97 Å². The van der Waals surface area contributed by atoms with Gasteiger partial charge in [-0.15, -0.1) is 0 Å². The van der Waals surface area contributed by atoms with Gasteiger partial charge in [0.2, 0.25) is 10.0 Å². The van der Waals surface area contributed by atoms with Crippen LogP contribution < -0.4 is 4.90 Å². The molecule has 4 rings (SSSR count). The highest BCUT2D eigenvalue weighted by molar-refractivity contribution is 7.89. The summed E-state index contributed by atoms with van der Waals surface area (Å²) in [5.41, 5.74) is 0.774. The van der Waals surface area contributed by atoms with E-state index in [2.05, 4.69) is 4.90 Å². The summed E-state index contributed by atoms with van der Waals surface area (Å²) < 4.78 is 32.3. The lowest BCUT2D eigenvalue weighted by molar-refractivity contribution is -0.148. The molecular weight excluding hydrogens is 390 g/mol. The van der Waals surface area contributed by atoms with E-state index in [1.54, 1.807) is 22.5 Å². The summed E-state index contributed by atoms with van der Waals surface area (Å²) in [6.45, 7) is 4.94. The molecule has 0 spiro atoms. The van der Waals surface area contributed by atoms with Crippen LogP contribution in [0.4, 0.5) is 5.82 Å². The highest BCUT2D eigenvalue weighted by Gasteiger charge is 2.28. The molecule has 0 atom stereocenters. The van der Waals surface area contributed by atoms with E-state index in [-0.39, 0.29) is 11.9 Å². The molecule has 2 aliphatic rings. The number of ether oxygens (including phenoxy) is 1. The number of aromatic nitrogens is 1. The quantitative estimate of drug-likeness (QED) is 0.696. The Morgan fingerprint density at radius 1 is 1.10 bits per heavy atom. The van der Waals surface area contributed by atoms with E-state index < -0.39 is 10.0 Å². The second kappa shape index (κ2) is 8.28. The number of piperidine rings is 1. The van der Waals surface area contributed by atoms with Gasteiger partial charge in [0.25, 0.3) is 0 Å². The Morgan fingerprint density at radius 2 is 1.83 bits per heavy atom. The van der Waals surface area contributed by atoms with Crippen molar-refractivity contribution in [3.8, 4) is 0 Å². The standard InChI is InChI=1S/C21H27N3O4S/c1-2-28-21(25)16-9-13-23(14-10-16)20-8-5-17-15-18(6-7-19(17)22-20)29(26,27)24-11-3-4-12-24/h5-8,15-16H,2-4,9-14H2,1H3. The average Bonchev–Trinajstić information content (AvgIpc) is 3.29. The lowest BCUT2D eigenvalue weighted by atomic mass is 9.97. The van der Waals surface area contributed by atoms with Gasteiger partial charge in [0.15, 0.2) is 0 Å². The molecular formula is C21H27N3O4S. The van der Waals surface area contributed by atoms with Crippen LogP contribution in [0.25, 0.3) is 10.9 Å². The molecule has 1 aromatic carbocycles. The third-order valence-corrected chi connectivity index (χ3v) is 7.68. The number of nitrogens with zero attached hydrogens (tertiary/aromatic N) is 3. The summed E-state index contributed by atoms with van der Waals surface area (Å²) in [7, 11) is -3.43. The van der Waals surface area contributed by atoms with Gasteiger partial charge < -0.3 is 9.64 Å². The second-order valence-corrected chi connectivity index (χ2v) is 9.59. The summed E-state index contributed by atoms with van der Waals surface area (Å²) in [5, 5.41) is 0.815. The third kappa shape index (κ3) is 4.09. The summed E-state index contributed by atoms with van der Waals surface area (Å²) >= 11 is 0. The minimum Gasteiger partial charge on any atom is -0.466 e. The first-order valence-corrected chi connectivity index (χ1v) is 11.8. The fraction of sp³-hybridized carbons (Fsp3) is 0.524. The Balaban J connectivity index is 1.50. The van der Waals surface area contributed by atoms with Crippen molar-refractivity contribution in [1.82, 2.24) is 9.29 Å². The van der Waals surface area contributed by atoms with Gasteiger partial charge in [-0.05, 0) is 62.9 Å². The molecule has 0 aliphatic carbocycles. The van der Waals surface area contributed by atoms with Crippen LogP contribution >= 0.6 is 0 Å². The van der Waals surface area contributed by atoms with E-state index in [9.17, 15) is 13.2 Å². The maximum absolute atomic E-state index is 12.8. The SMILES string of the molecule is CCOC(=O)C1CCN(c2ccc3cc(S(=O)(=O)N4CCCC4)ccc3n2)CC1. The summed E-state index contributed by atoms with van der Waals surface area (Å²) in [6.07, 6.45) is 3.35. The van der Waals surface area contributed by atoms with Crippen LogP contribution in [0.3, 0.4) is 0 Å². The molecule has 1 aromatic heterocycles. The zero-order valence-electron chi connectivity index (χ0n) is 16.7. The number of anilines is 1. The molecule has 0 bridgehead atoms. The first kappa shape index (κ1) is 20.1. The van der Waals surface area contributed by atoms with Crippen molar-refractivity contribution in [3.05, 3.63) is 30.3 Å². The Hall–Kier alpha value is -2.19. The van der Waals surface area contributed by atoms with E-state index in [1.165, 1.54) is 0 Å². The van der Waals surface area contributed by atoms with Crippen LogP contribution in [0.1, 0.15) is 32.6 Å². The zero-order valence-corrected chi connectivity index (χ0v) is 17.5. The van der Waals surface area contributed by atoms with Crippen LogP contribution in [-0.4, -0.2) is 56.5 Å². The Morgan fingerprint density at radius 3 is 2.52 bits per heavy atom. The van der Waals surface area contributed by atoms with E-state index in [0.29, 0.717) is 24.6 Å². The predicted molar refractivity (Wildman–Crippen MR) is 111 cm³/mol. The number of pyridine rings is 1. The monoisotopic (exact) mass is 417 g/mol. The Labute approximate surface area is 171 Å². The molecule has 3 heterocycles. The summed E-state index contributed by atoms with van der Waals surface area (Å²) in [4.78, 5) is 19.1. The first-order chi connectivity index (χ1) is 14.0. The molecule has 2 aromatic rings. The van der Waals surface area contributed by atoms with Gasteiger partial charge in [-0.1, -0.05) is 0 Å². The fourth-order valence-electron chi connectivity index (χ4n) is 4.11. The number of carbonyl (C=O) groups is 1. The van der Waals surface area contributed by atoms with Gasteiger partial charge in [-0.3, -0.25) is 4.79 Å². The summed E-state index contributed by atoms with van der Waals surface area (Å²) in [5.74, 6) is 0.713. The minimum absolute atomic E-state index is 0.0370. The molecule has 0 N–H and O–H groups in total. The number of rotatable bonds is 5. The van der Waals surface area contributed by atoms with Crippen LogP contribution in [-0.2, 0) is 19.6 Å². The molecule has 2 saturated heterocycles. The molecule has 7 nitrogen and oxygen atoms in total. The lowest BCUT2D eigenvalue weighted by Crippen LogP contribution is -2.37. The number of hydrogen-bond donors (Lipinski definition) is 0. The number of benzene rings is 1. The van der Waals surface area contributed by atoms with Crippen LogP contribution in [0.5, 0.6) is 0 Å². The van der Waals surface area contributed by atoms with Gasteiger partial charge in [-0.2, -0.15) is 4.31 Å². The molecule has 8 heteroatoms. The van der Waals surface area contributed by atoms with Crippen molar-refractivity contribution in [2.24, 2.45) is 5.92 Å². The lowest BCUT2D eigenvalue weighted by Gasteiger charge is -2.31. The zero-order chi connectivity index (χ0) is 20.4. The van der Waals surface area contributed by atoms with Gasteiger partial charge in [0.05, 0.1) is 22.9 Å². The Kier molecular flexibility index (Phi) is 5.74. The number of carbonyl (C=O) groups excluding carboxylic acids is 1. The topological polar surface area (TPSA) is 79.8 Å². The van der Waals surface area contributed by atoms with Gasteiger partial charge in [0.1, 0.15) is 5.82 Å². The largest absolute Gasteiger partial charge is 0.466 e. The van der Waals surface area contributed by atoms with E-state index in [1.807, 2.05) is 19.1 Å². The molecule has 29 heavy (non-hydrogen) atoms. The van der Waals surface area contributed by atoms with Gasteiger partial charge in [0, 0.05) is 31.6 Å². The molecule has 156 valence electrons. The molecule has 2 fully saturated rings. The highest BCUT2D eigenvalue weighted by Crippen LogP contribution is 2.27. The normalized spacial score (nSPS) is 19.0. The maximum Gasteiger partial charge on any atom is 0.309 e. The maximum atomic E-state index is 12.8. The highest BCUT2D eigenvalue weighted by atomic mass is 32.2. The van der Waals surface area contributed by atoms with Crippen LogP contribution in [0.15, 0.2) is 35.2 Å². The Bertz CT molecular complexity index is 994. The van der Waals surface area contributed by atoms with E-state index >= 15 is 0 Å². The molecule has 0 saturated carbocycles. The minimum atomic E-state index is -3.43. The number of hydrogen-bond acceptors (Lipinski definition) is 6. The van der Waals surface area contributed by atoms with Crippen molar-refractivity contribution in [3.63, 3.8) is 0 Å². The molecule has 0 unspecified atom stereocenters. The van der Waals surface area contributed by atoms with Crippen molar-refractivity contribution < 1.29 is 17.9 Å². The van der Waals surface area contributed by atoms with Crippen LogP contribution in [0, 0.1) is 5.92 Å². The molecule has 0 radical (unpaired) electrons. The van der Waals surface area contributed by atoms with E-state index in [4.69, 9.17) is 9.72 Å². The van der Waals surface area contributed by atoms with Gasteiger partial charge in [-0.25, -0.2) is 13.4 Å².